The fourth-order valence-corrected chi connectivity index (χ4v) is 2.24. The van der Waals surface area contributed by atoms with Crippen LogP contribution >= 0.6 is 0 Å². The summed E-state index contributed by atoms with van der Waals surface area (Å²) in [6.45, 7) is 4.55. The maximum Gasteiger partial charge on any atom is 0.239 e. The molecule has 1 atom stereocenters. The van der Waals surface area contributed by atoms with Crippen molar-refractivity contribution >= 4 is 11.8 Å². The maximum atomic E-state index is 12.3. The first-order valence-corrected chi connectivity index (χ1v) is 10.3. The number of hydrogen-bond donors (Lipinski definition) is 4. The fourth-order valence-electron chi connectivity index (χ4n) is 2.24. The van der Waals surface area contributed by atoms with Crippen LogP contribution < -0.4 is 5.32 Å². The van der Waals surface area contributed by atoms with Gasteiger partial charge in [0.05, 0.1) is 59.3 Å². The molecule has 2 amide bonds. The number of ether oxygens (including phenoxy) is 5. The van der Waals surface area contributed by atoms with E-state index in [1.54, 1.807) is 14.0 Å². The van der Waals surface area contributed by atoms with E-state index in [1.165, 1.54) is 4.90 Å². The summed E-state index contributed by atoms with van der Waals surface area (Å²) in [5.41, 5.74) is 0. The Morgan fingerprint density at radius 2 is 1.52 bits per heavy atom. The molecular weight excluding hydrogens is 416 g/mol. The summed E-state index contributed by atoms with van der Waals surface area (Å²) in [6.07, 6.45) is -3.00. The maximum absolute atomic E-state index is 12.3. The molecule has 12 heteroatoms. The lowest BCUT2D eigenvalue weighted by atomic mass is 10.2. The molecule has 12 nitrogen and oxygen atoms in total. The van der Waals surface area contributed by atoms with Gasteiger partial charge in [0, 0.05) is 33.1 Å². The van der Waals surface area contributed by atoms with E-state index in [2.05, 4.69) is 5.32 Å². The zero-order valence-electron chi connectivity index (χ0n) is 18.5. The SMILES string of the molecule is CCOC(O)CNC(=O)CN(CCOCCOCCOCCOC)C(=O)CCC(O)O. The third kappa shape index (κ3) is 19.1. The smallest absolute Gasteiger partial charge is 0.239 e. The van der Waals surface area contributed by atoms with Crippen molar-refractivity contribution in [3.8, 4) is 0 Å². The van der Waals surface area contributed by atoms with E-state index in [0.717, 1.165) is 0 Å². The Labute approximate surface area is 183 Å². The number of aliphatic hydroxyl groups excluding tert-OH is 2. The van der Waals surface area contributed by atoms with Gasteiger partial charge in [0.25, 0.3) is 0 Å². The molecule has 0 aromatic carbocycles. The summed E-state index contributed by atoms with van der Waals surface area (Å²) >= 11 is 0. The lowest BCUT2D eigenvalue weighted by Crippen LogP contribution is -2.44. The molecule has 0 spiro atoms. The van der Waals surface area contributed by atoms with Gasteiger partial charge in [-0.05, 0) is 6.92 Å². The van der Waals surface area contributed by atoms with E-state index in [9.17, 15) is 14.7 Å². The molecule has 0 saturated carbocycles. The molecule has 0 bridgehead atoms. The summed E-state index contributed by atoms with van der Waals surface area (Å²) in [4.78, 5) is 25.6. The highest BCUT2D eigenvalue weighted by Crippen LogP contribution is 2.01. The molecule has 0 heterocycles. The Morgan fingerprint density at radius 3 is 2.06 bits per heavy atom. The van der Waals surface area contributed by atoms with Crippen LogP contribution in [0.4, 0.5) is 0 Å². The van der Waals surface area contributed by atoms with E-state index in [-0.39, 0.29) is 39.1 Å². The number of rotatable bonds is 21. The Kier molecular flexibility index (Phi) is 19.6. The predicted octanol–water partition coefficient (Wildman–Crippen LogP) is -1.93. The third-order valence-corrected chi connectivity index (χ3v) is 3.82. The van der Waals surface area contributed by atoms with Crippen molar-refractivity contribution in [1.82, 2.24) is 10.2 Å². The lowest BCUT2D eigenvalue weighted by molar-refractivity contribution is -0.139. The number of methoxy groups -OCH3 is 1. The van der Waals surface area contributed by atoms with Gasteiger partial charge in [0.1, 0.15) is 0 Å². The molecule has 0 aromatic heterocycles. The van der Waals surface area contributed by atoms with Crippen molar-refractivity contribution in [3.63, 3.8) is 0 Å². The number of nitrogens with one attached hydrogen (secondary N) is 1. The second kappa shape index (κ2) is 20.5. The van der Waals surface area contributed by atoms with Crippen LogP contribution in [0.5, 0.6) is 0 Å². The highest BCUT2D eigenvalue weighted by atomic mass is 16.6. The number of amides is 2. The molecule has 1 unspecified atom stereocenters. The normalized spacial score (nSPS) is 12.2. The molecule has 0 aliphatic heterocycles. The van der Waals surface area contributed by atoms with Crippen LogP contribution in [0.15, 0.2) is 0 Å². The van der Waals surface area contributed by atoms with Crippen LogP contribution in [0.25, 0.3) is 0 Å². The summed E-state index contributed by atoms with van der Waals surface area (Å²) < 4.78 is 25.8. The fraction of sp³-hybridized carbons (Fsp3) is 0.895. The topological polar surface area (TPSA) is 156 Å². The van der Waals surface area contributed by atoms with Crippen molar-refractivity contribution < 1.29 is 48.6 Å². The van der Waals surface area contributed by atoms with Gasteiger partial charge in [-0.1, -0.05) is 0 Å². The Morgan fingerprint density at radius 1 is 0.935 bits per heavy atom. The van der Waals surface area contributed by atoms with Crippen molar-refractivity contribution in [1.29, 1.82) is 0 Å². The van der Waals surface area contributed by atoms with E-state index in [1.807, 2.05) is 0 Å². The first-order chi connectivity index (χ1) is 14.9. The molecule has 184 valence electrons. The zero-order valence-corrected chi connectivity index (χ0v) is 18.5. The number of carbonyl (C=O) groups is 2. The second-order valence-corrected chi connectivity index (χ2v) is 6.38. The van der Waals surface area contributed by atoms with Gasteiger partial charge in [-0.3, -0.25) is 9.59 Å². The molecule has 0 radical (unpaired) electrons. The van der Waals surface area contributed by atoms with Crippen LogP contribution in [0.2, 0.25) is 0 Å². The molecule has 0 aromatic rings. The Bertz CT molecular complexity index is 453. The van der Waals surface area contributed by atoms with Crippen molar-refractivity contribution in [3.05, 3.63) is 0 Å². The van der Waals surface area contributed by atoms with E-state index < -0.39 is 24.4 Å². The van der Waals surface area contributed by atoms with Gasteiger partial charge < -0.3 is 49.2 Å². The van der Waals surface area contributed by atoms with Crippen LogP contribution in [0.3, 0.4) is 0 Å². The number of nitrogens with zero attached hydrogens (tertiary/aromatic N) is 1. The summed E-state index contributed by atoms with van der Waals surface area (Å²) in [6, 6.07) is 0. The minimum atomic E-state index is -1.60. The largest absolute Gasteiger partial charge is 0.382 e. The molecule has 0 aliphatic carbocycles. The van der Waals surface area contributed by atoms with E-state index >= 15 is 0 Å². The molecule has 31 heavy (non-hydrogen) atoms. The van der Waals surface area contributed by atoms with Crippen molar-refractivity contribution in [2.24, 2.45) is 0 Å². The van der Waals surface area contributed by atoms with Gasteiger partial charge in [0.2, 0.25) is 11.8 Å². The quantitative estimate of drug-likeness (QED) is 0.114. The van der Waals surface area contributed by atoms with Crippen molar-refractivity contribution in [2.45, 2.75) is 32.3 Å². The molecule has 0 rings (SSSR count). The summed E-state index contributed by atoms with van der Waals surface area (Å²) in [7, 11) is 1.60. The zero-order chi connectivity index (χ0) is 23.3. The molecule has 0 saturated heterocycles. The van der Waals surface area contributed by atoms with E-state index in [0.29, 0.717) is 46.2 Å². The van der Waals surface area contributed by atoms with Crippen LogP contribution in [-0.2, 0) is 33.3 Å². The highest BCUT2D eigenvalue weighted by molar-refractivity contribution is 5.84. The number of carbonyl (C=O) groups excluding carboxylic acids is 2. The summed E-state index contributed by atoms with van der Waals surface area (Å²) in [5.74, 6) is -0.893. The minimum absolute atomic E-state index is 0.104. The van der Waals surface area contributed by atoms with Gasteiger partial charge >= 0.3 is 0 Å². The van der Waals surface area contributed by atoms with E-state index in [4.69, 9.17) is 33.9 Å². The lowest BCUT2D eigenvalue weighted by Gasteiger charge is -2.23. The highest BCUT2D eigenvalue weighted by Gasteiger charge is 2.18. The standard InChI is InChI=1S/C19H38N2O10/c1-3-31-19(26)14-20-16(22)15-21(17(23)4-5-18(24)25)6-7-28-10-11-30-13-12-29-9-8-27-2/h18-19,24-26H,3-15H2,1-2H3,(H,20,22). The van der Waals surface area contributed by atoms with Gasteiger partial charge in [-0.15, -0.1) is 0 Å². The number of hydrogen-bond acceptors (Lipinski definition) is 10. The molecular formula is C19H38N2O10. The Hall–Kier alpha value is -1.38. The van der Waals surface area contributed by atoms with Crippen LogP contribution in [0.1, 0.15) is 19.8 Å². The second-order valence-electron chi connectivity index (χ2n) is 6.38. The average molecular weight is 455 g/mol. The Balaban J connectivity index is 4.16. The number of aliphatic hydroxyl groups is 3. The molecule has 4 N–H and O–H groups in total. The van der Waals surface area contributed by atoms with Crippen molar-refractivity contribution in [2.75, 3.05) is 79.6 Å². The molecule has 0 aliphatic rings. The first-order valence-electron chi connectivity index (χ1n) is 10.3. The van der Waals surface area contributed by atoms with Gasteiger partial charge in [0.15, 0.2) is 12.6 Å². The minimum Gasteiger partial charge on any atom is -0.382 e. The monoisotopic (exact) mass is 454 g/mol. The predicted molar refractivity (Wildman–Crippen MR) is 109 cm³/mol. The van der Waals surface area contributed by atoms with Crippen LogP contribution in [0, 0.1) is 0 Å². The third-order valence-electron chi connectivity index (χ3n) is 3.82. The van der Waals surface area contributed by atoms with Gasteiger partial charge in [-0.2, -0.15) is 0 Å². The van der Waals surface area contributed by atoms with Crippen LogP contribution in [-0.4, -0.2) is 124 Å². The molecule has 0 fully saturated rings. The first kappa shape index (κ1) is 29.6. The summed E-state index contributed by atoms with van der Waals surface area (Å²) in [5, 5.41) is 29.9. The van der Waals surface area contributed by atoms with Gasteiger partial charge in [-0.25, -0.2) is 0 Å². The average Bonchev–Trinajstić information content (AvgIpc) is 2.73.